The number of rotatable bonds is 6. The number of hydrogen-bond acceptors (Lipinski definition) is 6. The van der Waals surface area contributed by atoms with E-state index in [4.69, 9.17) is 5.84 Å². The molecular weight excluding hydrogens is 292 g/mol. The number of hydrogen-bond donors (Lipinski definition) is 3. The van der Waals surface area contributed by atoms with Crippen LogP contribution in [0.3, 0.4) is 0 Å². The largest absolute Gasteiger partial charge is 0.343 e. The number of H-pyrrole nitrogens is 1. The number of nitrogens with one attached hydrogen (secondary N) is 2. The van der Waals surface area contributed by atoms with Crippen molar-refractivity contribution in [3.05, 3.63) is 40.1 Å². The second-order valence-electron chi connectivity index (χ2n) is 4.24. The predicted octanol–water partition coefficient (Wildman–Crippen LogP) is 0.272. The monoisotopic (exact) mass is 308 g/mol. The number of pyridine rings is 1. The predicted molar refractivity (Wildman–Crippen MR) is 78.6 cm³/mol. The van der Waals surface area contributed by atoms with Gasteiger partial charge in [0.1, 0.15) is 5.69 Å². The zero-order chi connectivity index (χ0) is 15.2. The minimum atomic E-state index is -0.440. The summed E-state index contributed by atoms with van der Waals surface area (Å²) in [5.74, 6) is 5.14. The van der Waals surface area contributed by atoms with Crippen LogP contribution in [0.25, 0.3) is 0 Å². The summed E-state index contributed by atoms with van der Waals surface area (Å²) in [5, 5.41) is 7.03. The van der Waals surface area contributed by atoms with Crippen LogP contribution >= 0.6 is 11.8 Å². The first-order chi connectivity index (χ1) is 10.2. The molecule has 0 bridgehead atoms. The second kappa shape index (κ2) is 7.04. The van der Waals surface area contributed by atoms with Gasteiger partial charge in [0.15, 0.2) is 5.16 Å². The molecule has 0 saturated heterocycles. The number of hydrazine groups is 1. The number of carbonyl (C=O) groups is 1. The van der Waals surface area contributed by atoms with Crippen molar-refractivity contribution in [1.29, 1.82) is 0 Å². The number of thioether (sulfide) groups is 1. The highest BCUT2D eigenvalue weighted by Crippen LogP contribution is 2.18. The first-order valence-corrected chi connectivity index (χ1v) is 7.39. The quantitative estimate of drug-likeness (QED) is 0.305. The van der Waals surface area contributed by atoms with Crippen LogP contribution in [0.5, 0.6) is 0 Å². The summed E-state index contributed by atoms with van der Waals surface area (Å²) in [7, 11) is 0. The maximum atomic E-state index is 11.6. The minimum Gasteiger partial charge on any atom is -0.289 e. The highest BCUT2D eigenvalue weighted by molar-refractivity contribution is 7.98. The molecule has 0 unspecified atom stereocenters. The van der Waals surface area contributed by atoms with Gasteiger partial charge in [0.2, 0.25) is 0 Å². The van der Waals surface area contributed by atoms with Crippen molar-refractivity contribution in [3.8, 4) is 0 Å². The Balaban J connectivity index is 2.10. The number of nitrogens with two attached hydrogens (primary N) is 1. The molecule has 112 valence electrons. The van der Waals surface area contributed by atoms with E-state index in [1.54, 1.807) is 22.8 Å². The maximum absolute atomic E-state index is 11.6. The first-order valence-electron chi connectivity index (χ1n) is 6.40. The standard InChI is InChI=1S/C12H16N6O2S/c1-2-6-18-11(20)16-17-12(18)21-7-8-4-3-5-9(14-8)10(19)15-13/h3-5H,2,6-7,13H2,1H3,(H,15,19)(H,16,20). The Hall–Kier alpha value is -2.13. The molecule has 0 aliphatic rings. The molecule has 0 atom stereocenters. The van der Waals surface area contributed by atoms with Gasteiger partial charge < -0.3 is 0 Å². The molecule has 4 N–H and O–H groups in total. The summed E-state index contributed by atoms with van der Waals surface area (Å²) >= 11 is 1.38. The van der Waals surface area contributed by atoms with Crippen molar-refractivity contribution in [2.45, 2.75) is 30.8 Å². The van der Waals surface area contributed by atoms with E-state index in [-0.39, 0.29) is 11.4 Å². The summed E-state index contributed by atoms with van der Waals surface area (Å²) in [5.41, 5.74) is 2.78. The minimum absolute atomic E-state index is 0.219. The maximum Gasteiger partial charge on any atom is 0.343 e. The molecule has 2 rings (SSSR count). The van der Waals surface area contributed by atoms with E-state index in [1.165, 1.54) is 11.8 Å². The fourth-order valence-corrected chi connectivity index (χ4v) is 2.61. The molecule has 0 saturated carbocycles. The molecule has 0 aliphatic heterocycles. The number of aromatic amines is 1. The fraction of sp³-hybridized carbons (Fsp3) is 0.333. The molecule has 0 fully saturated rings. The van der Waals surface area contributed by atoms with Crippen LogP contribution < -0.4 is 17.0 Å². The van der Waals surface area contributed by atoms with E-state index < -0.39 is 5.91 Å². The third-order valence-corrected chi connectivity index (χ3v) is 3.70. The van der Waals surface area contributed by atoms with E-state index in [0.717, 1.165) is 6.42 Å². The van der Waals surface area contributed by atoms with Crippen LogP contribution in [0, 0.1) is 0 Å². The Morgan fingerprint density at radius 3 is 3.05 bits per heavy atom. The molecule has 2 aromatic heterocycles. The number of nitrogen functional groups attached to an aromatic ring is 1. The fourth-order valence-electron chi connectivity index (χ4n) is 1.73. The highest BCUT2D eigenvalue weighted by Gasteiger charge is 2.10. The lowest BCUT2D eigenvalue weighted by atomic mass is 10.3. The molecule has 0 radical (unpaired) electrons. The topological polar surface area (TPSA) is 119 Å². The van der Waals surface area contributed by atoms with Crippen LogP contribution in [-0.2, 0) is 12.3 Å². The summed E-state index contributed by atoms with van der Waals surface area (Å²) < 4.78 is 1.58. The molecule has 9 heteroatoms. The molecule has 8 nitrogen and oxygen atoms in total. The van der Waals surface area contributed by atoms with Crippen molar-refractivity contribution in [3.63, 3.8) is 0 Å². The average molecular weight is 308 g/mol. The van der Waals surface area contributed by atoms with Crippen molar-refractivity contribution >= 4 is 17.7 Å². The Labute approximate surface area is 125 Å². The Morgan fingerprint density at radius 2 is 2.33 bits per heavy atom. The van der Waals surface area contributed by atoms with Gasteiger partial charge in [0.25, 0.3) is 5.91 Å². The summed E-state index contributed by atoms with van der Waals surface area (Å²) in [4.78, 5) is 27.2. The Kier molecular flexibility index (Phi) is 5.12. The van der Waals surface area contributed by atoms with Crippen LogP contribution in [0.4, 0.5) is 0 Å². The molecule has 0 aliphatic carbocycles. The van der Waals surface area contributed by atoms with Crippen LogP contribution in [0.1, 0.15) is 29.5 Å². The smallest absolute Gasteiger partial charge is 0.289 e. The van der Waals surface area contributed by atoms with Crippen molar-refractivity contribution < 1.29 is 4.79 Å². The van der Waals surface area contributed by atoms with E-state index >= 15 is 0 Å². The lowest BCUT2D eigenvalue weighted by molar-refractivity contribution is 0.0948. The van der Waals surface area contributed by atoms with Crippen LogP contribution in [0.2, 0.25) is 0 Å². The Morgan fingerprint density at radius 1 is 1.52 bits per heavy atom. The van der Waals surface area contributed by atoms with E-state index in [2.05, 4.69) is 15.2 Å². The van der Waals surface area contributed by atoms with Crippen molar-refractivity contribution in [1.82, 2.24) is 25.2 Å². The summed E-state index contributed by atoms with van der Waals surface area (Å²) in [6, 6.07) is 5.12. The lowest BCUT2D eigenvalue weighted by Gasteiger charge is -2.04. The van der Waals surface area contributed by atoms with Crippen LogP contribution in [0.15, 0.2) is 28.2 Å². The van der Waals surface area contributed by atoms with Crippen molar-refractivity contribution in [2.75, 3.05) is 0 Å². The number of nitrogens with zero attached hydrogens (tertiary/aromatic N) is 3. The highest BCUT2D eigenvalue weighted by atomic mass is 32.2. The zero-order valence-corrected chi connectivity index (χ0v) is 12.3. The number of carbonyl (C=O) groups excluding carboxylic acids is 1. The van der Waals surface area contributed by atoms with Gasteiger partial charge in [-0.25, -0.2) is 20.7 Å². The number of amides is 1. The van der Waals surface area contributed by atoms with Gasteiger partial charge in [-0.3, -0.25) is 14.8 Å². The Bertz CT molecular complexity index is 680. The first kappa shape index (κ1) is 15.3. The van der Waals surface area contributed by atoms with Gasteiger partial charge in [-0.1, -0.05) is 24.8 Å². The van der Waals surface area contributed by atoms with Gasteiger partial charge in [0.05, 0.1) is 5.69 Å². The molecule has 2 aromatic rings. The number of aromatic nitrogens is 4. The van der Waals surface area contributed by atoms with Gasteiger partial charge in [-0.15, -0.1) is 5.10 Å². The van der Waals surface area contributed by atoms with E-state index in [1.807, 2.05) is 12.3 Å². The van der Waals surface area contributed by atoms with E-state index in [9.17, 15) is 9.59 Å². The average Bonchev–Trinajstić information content (AvgIpc) is 2.86. The van der Waals surface area contributed by atoms with Gasteiger partial charge in [0, 0.05) is 12.3 Å². The van der Waals surface area contributed by atoms with Gasteiger partial charge in [-0.2, -0.15) is 0 Å². The van der Waals surface area contributed by atoms with E-state index in [0.29, 0.717) is 23.1 Å². The molecule has 1 amide bonds. The zero-order valence-electron chi connectivity index (χ0n) is 11.5. The molecule has 0 aromatic carbocycles. The molecule has 0 spiro atoms. The third kappa shape index (κ3) is 3.70. The summed E-state index contributed by atoms with van der Waals surface area (Å²) in [6.07, 6.45) is 0.845. The van der Waals surface area contributed by atoms with Crippen molar-refractivity contribution in [2.24, 2.45) is 5.84 Å². The van der Waals surface area contributed by atoms with Crippen LogP contribution in [-0.4, -0.2) is 25.7 Å². The van der Waals surface area contributed by atoms with Gasteiger partial charge >= 0.3 is 5.69 Å². The molecular formula is C12H16N6O2S. The summed E-state index contributed by atoms with van der Waals surface area (Å²) in [6.45, 7) is 2.60. The second-order valence-corrected chi connectivity index (χ2v) is 5.18. The lowest BCUT2D eigenvalue weighted by Crippen LogP contribution is -2.30. The molecule has 21 heavy (non-hydrogen) atoms. The third-order valence-electron chi connectivity index (χ3n) is 2.69. The van der Waals surface area contributed by atoms with Gasteiger partial charge in [-0.05, 0) is 18.6 Å². The molecule has 2 heterocycles. The SMILES string of the molecule is CCCn1c(SCc2cccc(C(=O)NN)n2)n[nH]c1=O. The normalized spacial score (nSPS) is 10.6.